The molecular weight excluding hydrogens is 204 g/mol. The van der Waals surface area contributed by atoms with Crippen molar-refractivity contribution in [1.29, 1.82) is 0 Å². The lowest BCUT2D eigenvalue weighted by atomic mass is 10.1. The first-order valence-electron chi connectivity index (χ1n) is 4.48. The Morgan fingerprint density at radius 2 is 2.27 bits per heavy atom. The highest BCUT2D eigenvalue weighted by Gasteiger charge is 2.14. The van der Waals surface area contributed by atoms with E-state index in [1.807, 2.05) is 0 Å². The topological polar surface area (TPSA) is 39.2 Å². The van der Waals surface area contributed by atoms with Gasteiger partial charge < -0.3 is 4.74 Å². The smallest absolute Gasteiger partial charge is 0.356 e. The van der Waals surface area contributed by atoms with E-state index in [0.717, 1.165) is 6.20 Å². The molecule has 0 aliphatic rings. The number of hydrogen-bond acceptors (Lipinski definition) is 3. The summed E-state index contributed by atoms with van der Waals surface area (Å²) in [5, 5.41) is 0. The van der Waals surface area contributed by atoms with Crippen LogP contribution in [0.15, 0.2) is 12.3 Å². The number of nitrogens with zero attached hydrogens (tertiary/aromatic N) is 1. The van der Waals surface area contributed by atoms with Crippen molar-refractivity contribution < 1.29 is 18.3 Å². The van der Waals surface area contributed by atoms with Gasteiger partial charge in [-0.1, -0.05) is 0 Å². The number of esters is 1. The molecule has 0 radical (unpaired) electrons. The summed E-state index contributed by atoms with van der Waals surface area (Å²) in [7, 11) is 0. The van der Waals surface area contributed by atoms with Crippen LogP contribution in [0.2, 0.25) is 0 Å². The minimum Gasteiger partial charge on any atom is -0.461 e. The predicted molar refractivity (Wildman–Crippen MR) is 49.9 cm³/mol. The molecule has 5 heteroatoms. The first-order chi connectivity index (χ1) is 7.06. The molecule has 0 amide bonds. The number of halogens is 2. The molecule has 1 aromatic rings. The lowest BCUT2D eigenvalue weighted by molar-refractivity contribution is 0.0518. The van der Waals surface area contributed by atoms with E-state index in [2.05, 4.69) is 4.98 Å². The van der Waals surface area contributed by atoms with Crippen LogP contribution in [0.4, 0.5) is 8.78 Å². The predicted octanol–water partition coefficient (Wildman–Crippen LogP) is 2.50. The third-order valence-electron chi connectivity index (χ3n) is 1.87. The zero-order valence-electron chi connectivity index (χ0n) is 8.46. The molecule has 0 aromatic carbocycles. The normalized spacial score (nSPS) is 10.5. The summed E-state index contributed by atoms with van der Waals surface area (Å²) in [6, 6.07) is 1.31. The van der Waals surface area contributed by atoms with Gasteiger partial charge in [0.05, 0.1) is 6.61 Å². The van der Waals surface area contributed by atoms with Gasteiger partial charge in [-0.05, 0) is 25.5 Å². The van der Waals surface area contributed by atoms with Gasteiger partial charge in [0.1, 0.15) is 5.69 Å². The largest absolute Gasteiger partial charge is 0.461 e. The maximum Gasteiger partial charge on any atom is 0.356 e. The molecule has 3 nitrogen and oxygen atoms in total. The van der Waals surface area contributed by atoms with Crippen LogP contribution in [-0.2, 0) is 4.74 Å². The second-order valence-electron chi connectivity index (χ2n) is 2.95. The Labute approximate surface area is 86.1 Å². The Morgan fingerprint density at radius 3 is 2.73 bits per heavy atom. The number of aromatic nitrogens is 1. The van der Waals surface area contributed by atoms with Crippen LogP contribution in [0.25, 0.3) is 0 Å². The SMILES string of the molecule is CCOC(=O)c1cc(C)c(C(F)F)cn1. The van der Waals surface area contributed by atoms with Crippen molar-refractivity contribution in [2.24, 2.45) is 0 Å². The van der Waals surface area contributed by atoms with Gasteiger partial charge in [-0.2, -0.15) is 0 Å². The third-order valence-corrected chi connectivity index (χ3v) is 1.87. The molecule has 0 aliphatic heterocycles. The van der Waals surface area contributed by atoms with Crippen molar-refractivity contribution in [3.05, 3.63) is 29.1 Å². The summed E-state index contributed by atoms with van der Waals surface area (Å²) in [4.78, 5) is 14.8. The molecule has 0 saturated carbocycles. The van der Waals surface area contributed by atoms with Gasteiger partial charge in [-0.15, -0.1) is 0 Å². The van der Waals surface area contributed by atoms with Gasteiger partial charge in [0.2, 0.25) is 0 Å². The van der Waals surface area contributed by atoms with Crippen LogP contribution in [0.5, 0.6) is 0 Å². The molecule has 1 heterocycles. The first kappa shape index (κ1) is 11.6. The zero-order valence-corrected chi connectivity index (χ0v) is 8.46. The second kappa shape index (κ2) is 4.82. The van der Waals surface area contributed by atoms with E-state index in [4.69, 9.17) is 4.74 Å². The lowest BCUT2D eigenvalue weighted by Crippen LogP contribution is -2.08. The molecule has 1 rings (SSSR count). The van der Waals surface area contributed by atoms with E-state index in [9.17, 15) is 13.6 Å². The molecule has 15 heavy (non-hydrogen) atoms. The van der Waals surface area contributed by atoms with Crippen molar-refractivity contribution in [2.75, 3.05) is 6.61 Å². The van der Waals surface area contributed by atoms with Gasteiger partial charge >= 0.3 is 5.97 Å². The number of aryl methyl sites for hydroxylation is 1. The van der Waals surface area contributed by atoms with Crippen LogP contribution >= 0.6 is 0 Å². The summed E-state index contributed by atoms with van der Waals surface area (Å²) in [6.07, 6.45) is -1.57. The second-order valence-corrected chi connectivity index (χ2v) is 2.95. The summed E-state index contributed by atoms with van der Waals surface area (Å²) in [6.45, 7) is 3.40. The Bertz CT molecular complexity index is 366. The van der Waals surface area contributed by atoms with E-state index in [1.165, 1.54) is 13.0 Å². The number of rotatable bonds is 3. The van der Waals surface area contributed by atoms with Crippen LogP contribution in [-0.4, -0.2) is 17.6 Å². The lowest BCUT2D eigenvalue weighted by Gasteiger charge is -2.06. The molecule has 0 aliphatic carbocycles. The first-order valence-corrected chi connectivity index (χ1v) is 4.48. The van der Waals surface area contributed by atoms with Crippen LogP contribution < -0.4 is 0 Å². The Hall–Kier alpha value is -1.52. The zero-order chi connectivity index (χ0) is 11.4. The molecule has 0 unspecified atom stereocenters. The van der Waals surface area contributed by atoms with Crippen LogP contribution in [0.3, 0.4) is 0 Å². The number of carbonyl (C=O) groups is 1. The quantitative estimate of drug-likeness (QED) is 0.727. The molecule has 1 aromatic heterocycles. The monoisotopic (exact) mass is 215 g/mol. The average molecular weight is 215 g/mol. The Balaban J connectivity index is 2.96. The van der Waals surface area contributed by atoms with Crippen molar-refractivity contribution in [3.63, 3.8) is 0 Å². The summed E-state index contributed by atoms with van der Waals surface area (Å²) in [5.41, 5.74) is 0.227. The standard InChI is InChI=1S/C10H11F2NO2/c1-3-15-10(14)8-4-6(2)7(5-13-8)9(11)12/h4-5,9H,3H2,1-2H3. The van der Waals surface area contributed by atoms with Gasteiger partial charge in [-0.3, -0.25) is 0 Å². The summed E-state index contributed by atoms with van der Waals surface area (Å²) < 4.78 is 29.4. The van der Waals surface area contributed by atoms with Gasteiger partial charge in [0.15, 0.2) is 0 Å². The maximum absolute atomic E-state index is 12.4. The average Bonchev–Trinajstić information content (AvgIpc) is 2.17. The molecule has 0 bridgehead atoms. The number of alkyl halides is 2. The highest BCUT2D eigenvalue weighted by Crippen LogP contribution is 2.21. The molecule has 82 valence electrons. The van der Waals surface area contributed by atoms with Gasteiger partial charge in [0.25, 0.3) is 6.43 Å². The fourth-order valence-corrected chi connectivity index (χ4v) is 1.11. The van der Waals surface area contributed by atoms with E-state index >= 15 is 0 Å². The van der Waals surface area contributed by atoms with E-state index in [0.29, 0.717) is 5.56 Å². The van der Waals surface area contributed by atoms with Crippen LogP contribution in [0.1, 0.15) is 35.0 Å². The molecule has 0 fully saturated rings. The minimum absolute atomic E-state index is 0.0544. The summed E-state index contributed by atoms with van der Waals surface area (Å²) >= 11 is 0. The van der Waals surface area contributed by atoms with Gasteiger partial charge in [-0.25, -0.2) is 18.6 Å². The molecule has 0 N–H and O–H groups in total. The van der Waals surface area contributed by atoms with Crippen LogP contribution in [0, 0.1) is 6.92 Å². The molecular formula is C10H11F2NO2. The highest BCUT2D eigenvalue weighted by molar-refractivity contribution is 5.87. The van der Waals surface area contributed by atoms with Crippen molar-refractivity contribution >= 4 is 5.97 Å². The molecule has 0 atom stereocenters. The van der Waals surface area contributed by atoms with E-state index in [-0.39, 0.29) is 17.9 Å². The third kappa shape index (κ3) is 2.71. The highest BCUT2D eigenvalue weighted by atomic mass is 19.3. The number of hydrogen-bond donors (Lipinski definition) is 0. The molecule has 0 spiro atoms. The van der Waals surface area contributed by atoms with Crippen molar-refractivity contribution in [3.8, 4) is 0 Å². The Morgan fingerprint density at radius 1 is 1.60 bits per heavy atom. The van der Waals surface area contributed by atoms with Gasteiger partial charge in [0, 0.05) is 11.8 Å². The number of ether oxygens (including phenoxy) is 1. The summed E-state index contributed by atoms with van der Waals surface area (Å²) in [5.74, 6) is -0.596. The van der Waals surface area contributed by atoms with Crippen molar-refractivity contribution in [1.82, 2.24) is 4.98 Å². The fourth-order valence-electron chi connectivity index (χ4n) is 1.11. The van der Waals surface area contributed by atoms with Crippen molar-refractivity contribution in [2.45, 2.75) is 20.3 Å². The van der Waals surface area contributed by atoms with E-state index in [1.54, 1.807) is 6.92 Å². The molecule has 0 saturated heterocycles. The Kier molecular flexibility index (Phi) is 3.71. The maximum atomic E-state index is 12.4. The number of carbonyl (C=O) groups excluding carboxylic acids is 1. The van der Waals surface area contributed by atoms with E-state index < -0.39 is 12.4 Å². The fraction of sp³-hybridized carbons (Fsp3) is 0.400. The minimum atomic E-state index is -2.58. The number of pyridine rings is 1.